The fourth-order valence-corrected chi connectivity index (χ4v) is 2.74. The van der Waals surface area contributed by atoms with E-state index in [2.05, 4.69) is 33.1 Å². The standard InChI is InChI=1S/C16H25F3N2/c1-11(10-15(2,3)4)9-14(21-20)12-5-7-13(8-6-12)16(17,18)19/h5-8,11,14,21H,9-10,20H2,1-4H3. The van der Waals surface area contributed by atoms with Gasteiger partial charge in [-0.25, -0.2) is 0 Å². The molecule has 2 nitrogen and oxygen atoms in total. The van der Waals surface area contributed by atoms with E-state index >= 15 is 0 Å². The molecule has 21 heavy (non-hydrogen) atoms. The Morgan fingerprint density at radius 1 is 1.10 bits per heavy atom. The van der Waals surface area contributed by atoms with E-state index in [0.29, 0.717) is 5.92 Å². The van der Waals surface area contributed by atoms with Gasteiger partial charge < -0.3 is 0 Å². The molecule has 0 aliphatic rings. The normalized spacial score (nSPS) is 15.8. The van der Waals surface area contributed by atoms with Crippen LogP contribution in [-0.2, 0) is 6.18 Å². The monoisotopic (exact) mass is 302 g/mol. The van der Waals surface area contributed by atoms with Crippen molar-refractivity contribution in [3.8, 4) is 0 Å². The van der Waals surface area contributed by atoms with Crippen LogP contribution in [0, 0.1) is 11.3 Å². The van der Waals surface area contributed by atoms with E-state index in [4.69, 9.17) is 5.84 Å². The number of hydrogen-bond acceptors (Lipinski definition) is 2. The van der Waals surface area contributed by atoms with Crippen molar-refractivity contribution in [1.82, 2.24) is 5.43 Å². The number of benzene rings is 1. The molecule has 0 radical (unpaired) electrons. The molecule has 1 aromatic carbocycles. The van der Waals surface area contributed by atoms with Crippen LogP contribution in [0.4, 0.5) is 13.2 Å². The maximum absolute atomic E-state index is 12.6. The van der Waals surface area contributed by atoms with Gasteiger partial charge in [0.1, 0.15) is 0 Å². The molecule has 2 unspecified atom stereocenters. The molecule has 3 N–H and O–H groups in total. The highest BCUT2D eigenvalue weighted by Crippen LogP contribution is 2.32. The van der Waals surface area contributed by atoms with Crippen molar-refractivity contribution in [3.05, 3.63) is 35.4 Å². The molecule has 120 valence electrons. The molecule has 0 saturated heterocycles. The number of hydrogen-bond donors (Lipinski definition) is 2. The first kappa shape index (κ1) is 18.0. The van der Waals surface area contributed by atoms with Gasteiger partial charge in [0.25, 0.3) is 0 Å². The molecule has 5 heteroatoms. The highest BCUT2D eigenvalue weighted by molar-refractivity contribution is 5.26. The minimum Gasteiger partial charge on any atom is -0.271 e. The molecule has 0 amide bonds. The molecule has 0 aromatic heterocycles. The summed E-state index contributed by atoms with van der Waals surface area (Å²) in [7, 11) is 0. The lowest BCUT2D eigenvalue weighted by Gasteiger charge is -2.26. The largest absolute Gasteiger partial charge is 0.416 e. The van der Waals surface area contributed by atoms with Crippen LogP contribution >= 0.6 is 0 Å². The maximum atomic E-state index is 12.6. The zero-order chi connectivity index (χ0) is 16.3. The Kier molecular flexibility index (Phi) is 5.82. The zero-order valence-corrected chi connectivity index (χ0v) is 13.1. The Morgan fingerprint density at radius 2 is 1.62 bits per heavy atom. The molecule has 1 rings (SSSR count). The van der Waals surface area contributed by atoms with Gasteiger partial charge in [-0.05, 0) is 41.9 Å². The van der Waals surface area contributed by atoms with Crippen LogP contribution in [0.2, 0.25) is 0 Å². The van der Waals surface area contributed by atoms with Gasteiger partial charge in [0, 0.05) is 6.04 Å². The lowest BCUT2D eigenvalue weighted by molar-refractivity contribution is -0.137. The van der Waals surface area contributed by atoms with Crippen molar-refractivity contribution in [2.24, 2.45) is 17.2 Å². The maximum Gasteiger partial charge on any atom is 0.416 e. The molecule has 2 atom stereocenters. The molecule has 0 heterocycles. The number of hydrazine groups is 1. The predicted octanol–water partition coefficient (Wildman–Crippen LogP) is 4.67. The number of halogens is 3. The topological polar surface area (TPSA) is 38.0 Å². The Hall–Kier alpha value is -1.07. The van der Waals surface area contributed by atoms with Gasteiger partial charge in [-0.2, -0.15) is 13.2 Å². The van der Waals surface area contributed by atoms with Crippen LogP contribution in [0.25, 0.3) is 0 Å². The van der Waals surface area contributed by atoms with Crippen molar-refractivity contribution in [2.75, 3.05) is 0 Å². The summed E-state index contributed by atoms with van der Waals surface area (Å²) in [6.07, 6.45) is -2.48. The van der Waals surface area contributed by atoms with Gasteiger partial charge in [0.2, 0.25) is 0 Å². The minimum atomic E-state index is -4.30. The number of alkyl halides is 3. The summed E-state index contributed by atoms with van der Waals surface area (Å²) in [5.41, 5.74) is 3.08. The fourth-order valence-electron chi connectivity index (χ4n) is 2.74. The van der Waals surface area contributed by atoms with E-state index in [1.54, 1.807) is 0 Å². The highest BCUT2D eigenvalue weighted by atomic mass is 19.4. The molecule has 0 saturated carbocycles. The van der Waals surface area contributed by atoms with Gasteiger partial charge in [-0.3, -0.25) is 11.3 Å². The smallest absolute Gasteiger partial charge is 0.271 e. The third kappa shape index (κ3) is 6.06. The Morgan fingerprint density at radius 3 is 2.00 bits per heavy atom. The van der Waals surface area contributed by atoms with Crippen molar-refractivity contribution < 1.29 is 13.2 Å². The number of nitrogens with two attached hydrogens (primary N) is 1. The predicted molar refractivity (Wildman–Crippen MR) is 79.4 cm³/mol. The summed E-state index contributed by atoms with van der Waals surface area (Å²) in [6, 6.07) is 5.07. The SMILES string of the molecule is CC(CC(NN)c1ccc(C(F)(F)F)cc1)CC(C)(C)C. The van der Waals surface area contributed by atoms with E-state index in [1.165, 1.54) is 12.1 Å². The van der Waals surface area contributed by atoms with Gasteiger partial charge in [0.05, 0.1) is 5.56 Å². The lowest BCUT2D eigenvalue weighted by atomic mass is 9.82. The van der Waals surface area contributed by atoms with E-state index in [0.717, 1.165) is 30.5 Å². The van der Waals surface area contributed by atoms with Crippen LogP contribution in [0.1, 0.15) is 57.7 Å². The van der Waals surface area contributed by atoms with Crippen LogP contribution in [0.15, 0.2) is 24.3 Å². The first-order valence-corrected chi connectivity index (χ1v) is 7.16. The van der Waals surface area contributed by atoms with E-state index < -0.39 is 11.7 Å². The van der Waals surface area contributed by atoms with Gasteiger partial charge >= 0.3 is 6.18 Å². The summed E-state index contributed by atoms with van der Waals surface area (Å²) >= 11 is 0. The zero-order valence-electron chi connectivity index (χ0n) is 13.1. The Bertz CT molecular complexity index is 432. The molecule has 0 bridgehead atoms. The van der Waals surface area contributed by atoms with Crippen molar-refractivity contribution in [1.29, 1.82) is 0 Å². The van der Waals surface area contributed by atoms with Gasteiger partial charge in [-0.1, -0.05) is 39.8 Å². The number of nitrogens with one attached hydrogen (secondary N) is 1. The van der Waals surface area contributed by atoms with Crippen molar-refractivity contribution in [2.45, 2.75) is 52.8 Å². The molecule has 1 aromatic rings. The highest BCUT2D eigenvalue weighted by Gasteiger charge is 2.30. The molecular weight excluding hydrogens is 277 g/mol. The second-order valence-corrected chi connectivity index (χ2v) is 6.94. The molecular formula is C16H25F3N2. The van der Waals surface area contributed by atoms with Crippen molar-refractivity contribution >= 4 is 0 Å². The van der Waals surface area contributed by atoms with Crippen molar-refractivity contribution in [3.63, 3.8) is 0 Å². The molecule has 0 aliphatic carbocycles. The Labute approximate surface area is 124 Å². The van der Waals surface area contributed by atoms with Gasteiger partial charge in [0.15, 0.2) is 0 Å². The minimum absolute atomic E-state index is 0.135. The third-order valence-electron chi connectivity index (χ3n) is 3.44. The first-order valence-electron chi connectivity index (χ1n) is 7.16. The van der Waals surface area contributed by atoms with E-state index in [1.807, 2.05) is 0 Å². The fraction of sp³-hybridized carbons (Fsp3) is 0.625. The van der Waals surface area contributed by atoms with Crippen LogP contribution in [0.3, 0.4) is 0 Å². The quantitative estimate of drug-likeness (QED) is 0.612. The summed E-state index contributed by atoms with van der Waals surface area (Å²) < 4.78 is 37.7. The molecule has 0 aliphatic heterocycles. The van der Waals surface area contributed by atoms with E-state index in [-0.39, 0.29) is 11.5 Å². The summed E-state index contributed by atoms with van der Waals surface area (Å²) in [6.45, 7) is 8.66. The summed E-state index contributed by atoms with van der Waals surface area (Å²) in [5, 5.41) is 0. The van der Waals surface area contributed by atoms with Crippen LogP contribution in [0.5, 0.6) is 0 Å². The summed E-state index contributed by atoms with van der Waals surface area (Å²) in [4.78, 5) is 0. The van der Waals surface area contributed by atoms with Crippen LogP contribution in [-0.4, -0.2) is 0 Å². The second-order valence-electron chi connectivity index (χ2n) is 6.94. The van der Waals surface area contributed by atoms with Gasteiger partial charge in [-0.15, -0.1) is 0 Å². The first-order chi connectivity index (χ1) is 9.53. The lowest BCUT2D eigenvalue weighted by Crippen LogP contribution is -2.30. The average Bonchev–Trinajstić information content (AvgIpc) is 2.33. The van der Waals surface area contributed by atoms with E-state index in [9.17, 15) is 13.2 Å². The number of rotatable bonds is 5. The van der Waals surface area contributed by atoms with Crippen LogP contribution < -0.4 is 11.3 Å². The molecule has 0 fully saturated rings. The second kappa shape index (κ2) is 6.79. The third-order valence-corrected chi connectivity index (χ3v) is 3.44. The summed E-state index contributed by atoms with van der Waals surface area (Å²) in [5.74, 6) is 5.99. The molecule has 0 spiro atoms. The Balaban J connectivity index is 2.76. The average molecular weight is 302 g/mol.